The first kappa shape index (κ1) is 29.4. The number of ether oxygens (including phenoxy) is 2. The van der Waals surface area contributed by atoms with Crippen molar-refractivity contribution in [1.29, 1.82) is 0 Å². The molecule has 0 saturated carbocycles. The molecule has 0 spiro atoms. The summed E-state index contributed by atoms with van der Waals surface area (Å²) in [7, 11) is 0. The van der Waals surface area contributed by atoms with E-state index in [2.05, 4.69) is 25.6 Å². The molecule has 1 saturated heterocycles. The number of likely N-dealkylation sites (tertiary alicyclic amines) is 1. The number of pyridine rings is 1. The zero-order valence-electron chi connectivity index (χ0n) is 23.4. The quantitative estimate of drug-likeness (QED) is 0.237. The molecule has 0 radical (unpaired) electrons. The van der Waals surface area contributed by atoms with Gasteiger partial charge in [0.15, 0.2) is 17.2 Å². The van der Waals surface area contributed by atoms with Crippen LogP contribution >= 0.6 is 0 Å². The van der Waals surface area contributed by atoms with Gasteiger partial charge in [0.1, 0.15) is 35.2 Å². The van der Waals surface area contributed by atoms with Crippen LogP contribution < -0.4 is 20.3 Å². The van der Waals surface area contributed by atoms with E-state index in [-0.39, 0.29) is 46.3 Å². The maximum Gasteiger partial charge on any atom is 0.284 e. The van der Waals surface area contributed by atoms with E-state index in [9.17, 15) is 18.8 Å². The maximum atomic E-state index is 15.2. The van der Waals surface area contributed by atoms with Gasteiger partial charge in [-0.2, -0.15) is 9.78 Å². The minimum atomic E-state index is -0.803. The zero-order chi connectivity index (χ0) is 31.5. The fourth-order valence-electron chi connectivity index (χ4n) is 4.88. The predicted molar refractivity (Wildman–Crippen MR) is 155 cm³/mol. The molecule has 6 rings (SSSR count). The van der Waals surface area contributed by atoms with Gasteiger partial charge in [0.25, 0.3) is 11.5 Å². The van der Waals surface area contributed by atoms with Crippen molar-refractivity contribution >= 4 is 28.5 Å². The highest BCUT2D eigenvalue weighted by Crippen LogP contribution is 2.36. The van der Waals surface area contributed by atoms with Gasteiger partial charge in [0.05, 0.1) is 5.69 Å². The van der Waals surface area contributed by atoms with Crippen LogP contribution in [0.4, 0.5) is 14.5 Å². The van der Waals surface area contributed by atoms with E-state index in [1.165, 1.54) is 48.8 Å². The number of fused-ring (bicyclic) bond motifs is 1. The molecule has 2 aromatic carbocycles. The summed E-state index contributed by atoms with van der Waals surface area (Å²) in [5.74, 6) is -2.18. The number of carbonyl (C=O) groups is 2. The Labute approximate surface area is 253 Å². The van der Waals surface area contributed by atoms with Crippen LogP contribution in [0.15, 0.2) is 71.8 Å². The standard InChI is InChI=1S/C30H25F2N7O6/c31-17-1-4-19(5-2-17)39-30(43)21(7-12-34-39)28(42)35-18-3-6-23(22(32)15-18)45-24-8-11-33-27-26(24)29(37-36-27)44-20-9-13-38(14-10-20)25(41)16-40/h1-8,11-12,15,20,40H,9-10,13-14,16H2,(H,35,42)(H,33,36,37). The molecule has 45 heavy (non-hydrogen) atoms. The SMILES string of the molecule is O=C(Nc1ccc(Oc2ccnc3[nH]nc(OC4CCN(C(=O)CO)CC4)c23)c(F)c1)c1ccnn(-c2ccc(F)cc2)c1=O. The third-order valence-corrected chi connectivity index (χ3v) is 7.17. The highest BCUT2D eigenvalue weighted by molar-refractivity contribution is 6.04. The van der Waals surface area contributed by atoms with Crippen LogP contribution in [0.1, 0.15) is 23.2 Å². The summed E-state index contributed by atoms with van der Waals surface area (Å²) in [6.45, 7) is 0.303. The normalized spacial score (nSPS) is 13.5. The van der Waals surface area contributed by atoms with E-state index in [4.69, 9.17) is 14.6 Å². The number of amides is 2. The number of anilines is 1. The summed E-state index contributed by atoms with van der Waals surface area (Å²) in [6, 6.07) is 11.5. The number of H-pyrrole nitrogens is 1. The Morgan fingerprint density at radius 1 is 1.02 bits per heavy atom. The molecule has 2 amide bonds. The summed E-state index contributed by atoms with van der Waals surface area (Å²) < 4.78 is 41.4. The Balaban J connectivity index is 1.17. The molecule has 5 aromatic rings. The molecule has 13 nitrogen and oxygen atoms in total. The molecule has 0 atom stereocenters. The van der Waals surface area contributed by atoms with E-state index in [1.54, 1.807) is 4.90 Å². The average molecular weight is 618 g/mol. The lowest BCUT2D eigenvalue weighted by Crippen LogP contribution is -2.42. The third-order valence-electron chi connectivity index (χ3n) is 7.17. The van der Waals surface area contributed by atoms with Crippen molar-refractivity contribution in [3.05, 3.63) is 94.5 Å². The molecule has 0 unspecified atom stereocenters. The first-order valence-electron chi connectivity index (χ1n) is 13.8. The van der Waals surface area contributed by atoms with Crippen molar-refractivity contribution in [3.8, 4) is 23.1 Å². The molecule has 0 aliphatic carbocycles. The van der Waals surface area contributed by atoms with Crippen molar-refractivity contribution in [2.75, 3.05) is 25.0 Å². The Hall–Kier alpha value is -5.70. The van der Waals surface area contributed by atoms with Gasteiger partial charge in [0.2, 0.25) is 11.8 Å². The lowest BCUT2D eigenvalue weighted by molar-refractivity contribution is -0.135. The molecule has 3 aromatic heterocycles. The molecule has 1 fully saturated rings. The van der Waals surface area contributed by atoms with Crippen molar-refractivity contribution < 1.29 is 33.0 Å². The number of aromatic nitrogens is 5. The predicted octanol–water partition coefficient (Wildman–Crippen LogP) is 3.19. The van der Waals surface area contributed by atoms with Crippen molar-refractivity contribution in [2.45, 2.75) is 18.9 Å². The number of nitrogens with zero attached hydrogens (tertiary/aromatic N) is 5. The van der Waals surface area contributed by atoms with Crippen LogP contribution in [0.3, 0.4) is 0 Å². The highest BCUT2D eigenvalue weighted by Gasteiger charge is 2.26. The molecule has 1 aliphatic rings. The van der Waals surface area contributed by atoms with Gasteiger partial charge in [-0.25, -0.2) is 13.8 Å². The molecule has 4 heterocycles. The maximum absolute atomic E-state index is 15.2. The summed E-state index contributed by atoms with van der Waals surface area (Å²) in [6.07, 6.45) is 3.50. The van der Waals surface area contributed by atoms with Crippen LogP contribution in [-0.4, -0.2) is 72.6 Å². The lowest BCUT2D eigenvalue weighted by Gasteiger charge is -2.31. The fourth-order valence-corrected chi connectivity index (χ4v) is 4.88. The highest BCUT2D eigenvalue weighted by atomic mass is 19.1. The van der Waals surface area contributed by atoms with Crippen LogP contribution in [-0.2, 0) is 4.79 Å². The van der Waals surface area contributed by atoms with Crippen LogP contribution in [0, 0.1) is 11.6 Å². The topological polar surface area (TPSA) is 165 Å². The van der Waals surface area contributed by atoms with Gasteiger partial charge in [0, 0.05) is 56.1 Å². The first-order chi connectivity index (χ1) is 21.8. The van der Waals surface area contributed by atoms with Crippen LogP contribution in [0.2, 0.25) is 0 Å². The van der Waals surface area contributed by atoms with Gasteiger partial charge >= 0.3 is 0 Å². The summed E-state index contributed by atoms with van der Waals surface area (Å²) in [5, 5.41) is 22.9. The second-order valence-electron chi connectivity index (χ2n) is 10.1. The molecule has 0 bridgehead atoms. The van der Waals surface area contributed by atoms with Gasteiger partial charge < -0.3 is 24.8 Å². The van der Waals surface area contributed by atoms with Gasteiger partial charge in [-0.3, -0.25) is 19.5 Å². The van der Waals surface area contributed by atoms with Gasteiger partial charge in [-0.15, -0.1) is 5.10 Å². The Bertz CT molecular complexity index is 1940. The zero-order valence-corrected chi connectivity index (χ0v) is 23.4. The molecular weight excluding hydrogens is 592 g/mol. The number of benzene rings is 2. The second-order valence-corrected chi connectivity index (χ2v) is 10.1. The third kappa shape index (κ3) is 6.19. The number of piperidine rings is 1. The van der Waals surface area contributed by atoms with Crippen molar-refractivity contribution in [2.24, 2.45) is 0 Å². The van der Waals surface area contributed by atoms with E-state index in [0.717, 1.165) is 22.9 Å². The first-order valence-corrected chi connectivity index (χ1v) is 13.8. The largest absolute Gasteiger partial charge is 0.473 e. The molecule has 230 valence electrons. The second kappa shape index (κ2) is 12.5. The lowest BCUT2D eigenvalue weighted by atomic mass is 10.1. The number of aliphatic hydroxyl groups is 1. The van der Waals surface area contributed by atoms with Gasteiger partial charge in [-0.1, -0.05) is 0 Å². The van der Waals surface area contributed by atoms with Crippen molar-refractivity contribution in [1.82, 2.24) is 29.9 Å². The minimum Gasteiger partial charge on any atom is -0.473 e. The van der Waals surface area contributed by atoms with Crippen LogP contribution in [0.5, 0.6) is 17.4 Å². The molecule has 3 N–H and O–H groups in total. The van der Waals surface area contributed by atoms with Crippen molar-refractivity contribution in [3.63, 3.8) is 0 Å². The smallest absolute Gasteiger partial charge is 0.284 e. The molecular formula is C30H25F2N7O6. The minimum absolute atomic E-state index is 0.0626. The molecule has 15 heteroatoms. The Kier molecular flexibility index (Phi) is 8.16. The summed E-state index contributed by atoms with van der Waals surface area (Å²) in [5.41, 5.74) is -0.325. The van der Waals surface area contributed by atoms with Gasteiger partial charge in [-0.05, 0) is 42.5 Å². The number of hydrogen-bond acceptors (Lipinski definition) is 9. The molecule has 1 aliphatic heterocycles. The Morgan fingerprint density at radius 2 is 1.80 bits per heavy atom. The Morgan fingerprint density at radius 3 is 2.53 bits per heavy atom. The fraction of sp³-hybridized carbons (Fsp3) is 0.200. The number of carbonyl (C=O) groups excluding carboxylic acids is 2. The van der Waals surface area contributed by atoms with E-state index in [0.29, 0.717) is 37.0 Å². The summed E-state index contributed by atoms with van der Waals surface area (Å²) in [4.78, 5) is 43.4. The van der Waals surface area contributed by atoms with Crippen LogP contribution in [0.25, 0.3) is 16.7 Å². The average Bonchev–Trinajstić information content (AvgIpc) is 3.46. The number of nitrogens with one attached hydrogen (secondary N) is 2. The number of halogens is 2. The summed E-state index contributed by atoms with van der Waals surface area (Å²) >= 11 is 0. The van der Waals surface area contributed by atoms with E-state index < -0.39 is 29.7 Å². The number of rotatable bonds is 8. The van der Waals surface area contributed by atoms with E-state index in [1.807, 2.05) is 0 Å². The monoisotopic (exact) mass is 617 g/mol. The number of aromatic amines is 1. The number of hydrogen-bond donors (Lipinski definition) is 3. The van der Waals surface area contributed by atoms with E-state index >= 15 is 4.39 Å². The number of aliphatic hydroxyl groups excluding tert-OH is 1.